The van der Waals surface area contributed by atoms with Crippen LogP contribution in [0.5, 0.6) is 0 Å². The molecule has 0 saturated heterocycles. The van der Waals surface area contributed by atoms with E-state index >= 15 is 0 Å². The Labute approximate surface area is 114 Å². The number of carbonyl (C=O) groups excluding carboxylic acids is 1. The van der Waals surface area contributed by atoms with E-state index in [1.165, 1.54) is 16.5 Å². The van der Waals surface area contributed by atoms with Crippen molar-refractivity contribution >= 4 is 16.8 Å². The van der Waals surface area contributed by atoms with Crippen LogP contribution in [0.4, 0.5) is 0 Å². The summed E-state index contributed by atoms with van der Waals surface area (Å²) in [5.74, 6) is 0.0813. The molecule has 0 aliphatic rings. The average molecular weight is 258 g/mol. The molecule has 1 unspecified atom stereocenters. The summed E-state index contributed by atoms with van der Waals surface area (Å²) in [7, 11) is 0. The first-order valence-electron chi connectivity index (χ1n) is 7.01. The Balaban J connectivity index is 2.23. The maximum absolute atomic E-state index is 12.0. The van der Waals surface area contributed by atoms with Gasteiger partial charge in [-0.05, 0) is 36.8 Å². The maximum Gasteiger partial charge on any atom is 0.240 e. The summed E-state index contributed by atoms with van der Waals surface area (Å²) in [6.07, 6.45) is 3.94. The molecular weight excluding hydrogens is 236 g/mol. The molecule has 0 saturated carbocycles. The molecule has 0 fully saturated rings. The van der Waals surface area contributed by atoms with Crippen molar-refractivity contribution in [1.29, 1.82) is 0 Å². The number of nitrogens with zero attached hydrogens (tertiary/aromatic N) is 1. The van der Waals surface area contributed by atoms with E-state index in [0.717, 1.165) is 12.8 Å². The zero-order valence-electron chi connectivity index (χ0n) is 11.9. The third-order valence-electron chi connectivity index (χ3n) is 3.59. The van der Waals surface area contributed by atoms with E-state index in [1.54, 1.807) is 0 Å². The minimum atomic E-state index is 0.0813. The first-order valence-corrected chi connectivity index (χ1v) is 7.01. The summed E-state index contributed by atoms with van der Waals surface area (Å²) in [4.78, 5) is 12.0. The van der Waals surface area contributed by atoms with Crippen molar-refractivity contribution in [3.63, 3.8) is 0 Å². The SMILES string of the molecule is CCc1cccc2ccn(CC(=O)NC(C)CC)c12. The molecule has 1 aromatic heterocycles. The molecule has 2 rings (SSSR count). The number of hydrogen-bond donors (Lipinski definition) is 1. The minimum Gasteiger partial charge on any atom is -0.352 e. The van der Waals surface area contributed by atoms with E-state index in [4.69, 9.17) is 0 Å². The highest BCUT2D eigenvalue weighted by atomic mass is 16.2. The highest BCUT2D eigenvalue weighted by Crippen LogP contribution is 2.20. The average Bonchev–Trinajstić information content (AvgIpc) is 2.81. The smallest absolute Gasteiger partial charge is 0.240 e. The van der Waals surface area contributed by atoms with Crippen LogP contribution in [-0.4, -0.2) is 16.5 Å². The van der Waals surface area contributed by atoms with E-state index in [2.05, 4.69) is 43.4 Å². The van der Waals surface area contributed by atoms with E-state index in [0.29, 0.717) is 6.54 Å². The molecular formula is C16H22N2O. The summed E-state index contributed by atoms with van der Waals surface area (Å²) < 4.78 is 2.05. The van der Waals surface area contributed by atoms with Gasteiger partial charge in [-0.15, -0.1) is 0 Å². The lowest BCUT2D eigenvalue weighted by atomic mass is 10.1. The van der Waals surface area contributed by atoms with Crippen LogP contribution in [-0.2, 0) is 17.8 Å². The zero-order valence-corrected chi connectivity index (χ0v) is 11.9. The van der Waals surface area contributed by atoms with E-state index in [9.17, 15) is 4.79 Å². The number of rotatable bonds is 5. The number of amides is 1. The first-order chi connectivity index (χ1) is 9.15. The van der Waals surface area contributed by atoms with Gasteiger partial charge in [0.1, 0.15) is 6.54 Å². The highest BCUT2D eigenvalue weighted by Gasteiger charge is 2.10. The number of carbonyl (C=O) groups is 1. The van der Waals surface area contributed by atoms with E-state index < -0.39 is 0 Å². The number of aryl methyl sites for hydroxylation is 1. The van der Waals surface area contributed by atoms with E-state index in [-0.39, 0.29) is 11.9 Å². The lowest BCUT2D eigenvalue weighted by molar-refractivity contribution is -0.122. The Morgan fingerprint density at radius 3 is 2.79 bits per heavy atom. The van der Waals surface area contributed by atoms with Crippen molar-refractivity contribution in [2.75, 3.05) is 0 Å². The van der Waals surface area contributed by atoms with Gasteiger partial charge in [0, 0.05) is 12.2 Å². The largest absolute Gasteiger partial charge is 0.352 e. The molecule has 2 aromatic rings. The van der Waals surface area contributed by atoms with Gasteiger partial charge in [-0.3, -0.25) is 4.79 Å². The Morgan fingerprint density at radius 1 is 1.32 bits per heavy atom. The Hall–Kier alpha value is -1.77. The summed E-state index contributed by atoms with van der Waals surface area (Å²) in [6.45, 7) is 6.64. The lowest BCUT2D eigenvalue weighted by Crippen LogP contribution is -2.34. The molecule has 0 bridgehead atoms. The number of aromatic nitrogens is 1. The highest BCUT2D eigenvalue weighted by molar-refractivity contribution is 5.85. The van der Waals surface area contributed by atoms with Crippen LogP contribution in [0.2, 0.25) is 0 Å². The number of hydrogen-bond acceptors (Lipinski definition) is 1. The Bertz CT molecular complexity index is 571. The van der Waals surface area contributed by atoms with Crippen molar-refractivity contribution in [2.45, 2.75) is 46.2 Å². The van der Waals surface area contributed by atoms with Gasteiger partial charge < -0.3 is 9.88 Å². The van der Waals surface area contributed by atoms with Gasteiger partial charge in [0.2, 0.25) is 5.91 Å². The van der Waals surface area contributed by atoms with Crippen LogP contribution in [0.15, 0.2) is 30.5 Å². The van der Waals surface area contributed by atoms with Crippen LogP contribution >= 0.6 is 0 Å². The third kappa shape index (κ3) is 2.98. The molecule has 0 radical (unpaired) electrons. The van der Waals surface area contributed by atoms with Crippen molar-refractivity contribution in [3.8, 4) is 0 Å². The molecule has 1 amide bonds. The topological polar surface area (TPSA) is 34.0 Å². The number of nitrogens with one attached hydrogen (secondary N) is 1. The van der Waals surface area contributed by atoms with Crippen LogP contribution in [0.1, 0.15) is 32.8 Å². The molecule has 1 heterocycles. The molecule has 102 valence electrons. The zero-order chi connectivity index (χ0) is 13.8. The fraction of sp³-hybridized carbons (Fsp3) is 0.438. The Morgan fingerprint density at radius 2 is 2.11 bits per heavy atom. The van der Waals surface area contributed by atoms with Crippen LogP contribution in [0.3, 0.4) is 0 Å². The maximum atomic E-state index is 12.0. The third-order valence-corrected chi connectivity index (χ3v) is 3.59. The predicted octanol–water partition coefficient (Wildman–Crippen LogP) is 3.12. The second kappa shape index (κ2) is 5.91. The molecule has 3 heteroatoms. The van der Waals surface area contributed by atoms with E-state index in [1.807, 2.05) is 17.7 Å². The molecule has 1 aromatic carbocycles. The second-order valence-electron chi connectivity index (χ2n) is 5.03. The molecule has 0 spiro atoms. The van der Waals surface area contributed by atoms with Crippen LogP contribution < -0.4 is 5.32 Å². The second-order valence-corrected chi connectivity index (χ2v) is 5.03. The van der Waals surface area contributed by atoms with Gasteiger partial charge in [0.05, 0.1) is 5.52 Å². The van der Waals surface area contributed by atoms with Crippen molar-refractivity contribution in [1.82, 2.24) is 9.88 Å². The van der Waals surface area contributed by atoms with Gasteiger partial charge in [-0.1, -0.05) is 32.0 Å². The minimum absolute atomic E-state index is 0.0813. The number of fused-ring (bicyclic) bond motifs is 1. The van der Waals surface area contributed by atoms with Gasteiger partial charge in [0.25, 0.3) is 0 Å². The summed E-state index contributed by atoms with van der Waals surface area (Å²) in [6, 6.07) is 8.61. The summed E-state index contributed by atoms with van der Waals surface area (Å²) >= 11 is 0. The molecule has 19 heavy (non-hydrogen) atoms. The number of benzene rings is 1. The van der Waals surface area contributed by atoms with Crippen molar-refractivity contribution in [3.05, 3.63) is 36.0 Å². The monoisotopic (exact) mass is 258 g/mol. The summed E-state index contributed by atoms with van der Waals surface area (Å²) in [5.41, 5.74) is 2.48. The van der Waals surface area contributed by atoms with Crippen molar-refractivity contribution < 1.29 is 4.79 Å². The first kappa shape index (κ1) is 13.7. The fourth-order valence-corrected chi connectivity index (χ4v) is 2.34. The summed E-state index contributed by atoms with van der Waals surface area (Å²) in [5, 5.41) is 4.21. The molecule has 3 nitrogen and oxygen atoms in total. The normalized spacial score (nSPS) is 12.6. The quantitative estimate of drug-likeness (QED) is 0.878. The van der Waals surface area contributed by atoms with Crippen molar-refractivity contribution in [2.24, 2.45) is 0 Å². The van der Waals surface area contributed by atoms with Gasteiger partial charge in [-0.25, -0.2) is 0 Å². The lowest BCUT2D eigenvalue weighted by Gasteiger charge is -2.13. The Kier molecular flexibility index (Phi) is 4.25. The standard InChI is InChI=1S/C16H22N2O/c1-4-12(3)17-15(19)11-18-10-9-14-8-6-7-13(5-2)16(14)18/h6-10,12H,4-5,11H2,1-3H3,(H,17,19). The molecule has 0 aliphatic carbocycles. The van der Waals surface area contributed by atoms with Gasteiger partial charge in [-0.2, -0.15) is 0 Å². The fourth-order valence-electron chi connectivity index (χ4n) is 2.34. The molecule has 1 N–H and O–H groups in total. The number of para-hydroxylation sites is 1. The van der Waals surface area contributed by atoms with Crippen LogP contribution in [0.25, 0.3) is 10.9 Å². The van der Waals surface area contributed by atoms with Gasteiger partial charge >= 0.3 is 0 Å². The molecule has 0 aliphatic heterocycles. The predicted molar refractivity (Wildman–Crippen MR) is 79.2 cm³/mol. The van der Waals surface area contributed by atoms with Crippen LogP contribution in [0, 0.1) is 0 Å². The molecule has 1 atom stereocenters. The van der Waals surface area contributed by atoms with Gasteiger partial charge in [0.15, 0.2) is 0 Å².